The Morgan fingerprint density at radius 2 is 1.86 bits per heavy atom. The van der Waals surface area contributed by atoms with Crippen LogP contribution in [0.5, 0.6) is 0 Å². The highest BCUT2D eigenvalue weighted by Crippen LogP contribution is 2.36. The highest BCUT2D eigenvalue weighted by atomic mass is 35.5. The first-order valence-corrected chi connectivity index (χ1v) is 7.24. The summed E-state index contributed by atoms with van der Waals surface area (Å²) in [6.07, 6.45) is 1.07. The minimum Gasteiger partial charge on any atom is -0.271 e. The Morgan fingerprint density at radius 3 is 2.55 bits per heavy atom. The molecule has 0 unspecified atom stereocenters. The molecule has 0 atom stereocenters. The van der Waals surface area contributed by atoms with Crippen molar-refractivity contribution in [3.63, 3.8) is 0 Å². The van der Waals surface area contributed by atoms with Crippen molar-refractivity contribution in [2.24, 2.45) is 7.05 Å². The van der Waals surface area contributed by atoms with E-state index in [1.165, 1.54) is 12.1 Å². The largest absolute Gasteiger partial charge is 0.271 e. The summed E-state index contributed by atoms with van der Waals surface area (Å²) in [6, 6.07) is 4.29. The van der Waals surface area contributed by atoms with E-state index in [1.54, 1.807) is 17.8 Å². The number of hydrogen-bond acceptors (Lipinski definition) is 2. The van der Waals surface area contributed by atoms with Crippen molar-refractivity contribution in [1.82, 2.24) is 14.8 Å². The van der Waals surface area contributed by atoms with E-state index in [1.807, 2.05) is 13.8 Å². The zero-order valence-electron chi connectivity index (χ0n) is 12.4. The van der Waals surface area contributed by atoms with Gasteiger partial charge >= 0.3 is 0 Å². The fraction of sp³-hybridized carbons (Fsp3) is 0.250. The number of nitrogens with zero attached hydrogens (tertiary/aromatic N) is 3. The highest BCUT2D eigenvalue weighted by Gasteiger charge is 2.21. The Morgan fingerprint density at radius 1 is 1.14 bits per heavy atom. The molecule has 0 amide bonds. The van der Waals surface area contributed by atoms with E-state index in [9.17, 15) is 8.78 Å². The van der Waals surface area contributed by atoms with Crippen molar-refractivity contribution in [3.8, 4) is 11.1 Å². The third-order valence-corrected chi connectivity index (χ3v) is 3.85. The number of aromatic nitrogens is 3. The maximum atomic E-state index is 14.2. The lowest BCUT2D eigenvalue weighted by molar-refractivity contribution is 0.624. The lowest BCUT2D eigenvalue weighted by Crippen LogP contribution is -2.00. The molecule has 2 aromatic heterocycles. The van der Waals surface area contributed by atoms with Gasteiger partial charge in [0.25, 0.3) is 0 Å². The molecule has 3 nitrogen and oxygen atoms in total. The predicted molar refractivity (Wildman–Crippen MR) is 83.0 cm³/mol. The minimum absolute atomic E-state index is 0.107. The van der Waals surface area contributed by atoms with Gasteiger partial charge in [0.2, 0.25) is 0 Å². The van der Waals surface area contributed by atoms with Crippen molar-refractivity contribution >= 4 is 22.5 Å². The number of fused-ring (bicyclic) bond motifs is 1. The van der Waals surface area contributed by atoms with Crippen molar-refractivity contribution < 1.29 is 8.78 Å². The Labute approximate surface area is 131 Å². The second-order valence-corrected chi connectivity index (χ2v) is 5.86. The van der Waals surface area contributed by atoms with Crippen LogP contribution >= 0.6 is 11.6 Å². The molecule has 22 heavy (non-hydrogen) atoms. The molecule has 6 heteroatoms. The van der Waals surface area contributed by atoms with Gasteiger partial charge in [0.1, 0.15) is 16.5 Å². The van der Waals surface area contributed by atoms with Gasteiger partial charge in [-0.2, -0.15) is 5.10 Å². The fourth-order valence-electron chi connectivity index (χ4n) is 2.79. The fourth-order valence-corrected chi connectivity index (χ4v) is 2.95. The first kappa shape index (κ1) is 14.9. The number of halogens is 3. The lowest BCUT2D eigenvalue weighted by atomic mass is 9.96. The van der Waals surface area contributed by atoms with Crippen LogP contribution in [0.15, 0.2) is 24.4 Å². The van der Waals surface area contributed by atoms with Crippen LogP contribution in [-0.4, -0.2) is 14.8 Å². The number of aryl methyl sites for hydroxylation is 1. The molecule has 0 fully saturated rings. The van der Waals surface area contributed by atoms with E-state index < -0.39 is 11.6 Å². The van der Waals surface area contributed by atoms with Gasteiger partial charge in [0.05, 0.1) is 6.20 Å². The van der Waals surface area contributed by atoms with Crippen LogP contribution in [0.4, 0.5) is 8.78 Å². The van der Waals surface area contributed by atoms with E-state index in [4.69, 9.17) is 11.6 Å². The molecular weight excluding hydrogens is 308 g/mol. The van der Waals surface area contributed by atoms with Crippen molar-refractivity contribution in [2.75, 3.05) is 0 Å². The van der Waals surface area contributed by atoms with E-state index in [0.717, 1.165) is 11.9 Å². The van der Waals surface area contributed by atoms with Crippen LogP contribution < -0.4 is 0 Å². The molecule has 114 valence electrons. The average molecular weight is 322 g/mol. The molecule has 1 aromatic carbocycles. The first-order valence-electron chi connectivity index (χ1n) is 6.86. The van der Waals surface area contributed by atoms with E-state index in [0.29, 0.717) is 16.5 Å². The molecule has 3 rings (SSSR count). The molecule has 0 aliphatic heterocycles. The van der Waals surface area contributed by atoms with Gasteiger partial charge in [-0.05, 0) is 23.6 Å². The molecule has 0 aliphatic carbocycles. The second-order valence-electron chi connectivity index (χ2n) is 5.47. The maximum Gasteiger partial charge on any atom is 0.151 e. The van der Waals surface area contributed by atoms with Gasteiger partial charge in [-0.1, -0.05) is 31.5 Å². The van der Waals surface area contributed by atoms with Gasteiger partial charge in [0, 0.05) is 23.7 Å². The minimum atomic E-state index is -0.504. The Kier molecular flexibility index (Phi) is 3.60. The molecule has 3 aromatic rings. The lowest BCUT2D eigenvalue weighted by Gasteiger charge is -2.11. The van der Waals surface area contributed by atoms with Crippen LogP contribution in [0.1, 0.15) is 25.5 Å². The molecule has 0 spiro atoms. The Bertz CT molecular complexity index is 871. The van der Waals surface area contributed by atoms with Crippen molar-refractivity contribution in [1.29, 1.82) is 0 Å². The molecule has 0 aliphatic rings. The monoisotopic (exact) mass is 321 g/mol. The molecule has 0 saturated carbocycles. The zero-order chi connectivity index (χ0) is 16.0. The van der Waals surface area contributed by atoms with Gasteiger partial charge in [-0.25, -0.2) is 13.8 Å². The third-order valence-electron chi connectivity index (χ3n) is 3.64. The molecule has 0 saturated heterocycles. The van der Waals surface area contributed by atoms with Crippen LogP contribution in [0, 0.1) is 11.6 Å². The molecule has 0 bridgehead atoms. The smallest absolute Gasteiger partial charge is 0.151 e. The average Bonchev–Trinajstić information content (AvgIpc) is 2.80. The summed E-state index contributed by atoms with van der Waals surface area (Å²) in [5.41, 5.74) is 1.93. The quantitative estimate of drug-likeness (QED) is 0.641. The highest BCUT2D eigenvalue weighted by molar-refractivity contribution is 6.29. The van der Waals surface area contributed by atoms with E-state index in [2.05, 4.69) is 10.1 Å². The van der Waals surface area contributed by atoms with Crippen molar-refractivity contribution in [2.45, 2.75) is 19.8 Å². The molecule has 0 radical (unpaired) electrons. The summed E-state index contributed by atoms with van der Waals surface area (Å²) >= 11 is 5.88. The van der Waals surface area contributed by atoms with Gasteiger partial charge in [-0.3, -0.25) is 4.68 Å². The SMILES string of the molecule is CC(C)c1c2c(-c3cc(Cl)ncc3F)ccc(F)c2nn1C. The summed E-state index contributed by atoms with van der Waals surface area (Å²) in [5, 5.41) is 5.04. The topological polar surface area (TPSA) is 30.7 Å². The third kappa shape index (κ3) is 2.25. The number of benzene rings is 1. The van der Waals surface area contributed by atoms with Crippen LogP contribution in [0.3, 0.4) is 0 Å². The summed E-state index contributed by atoms with van der Waals surface area (Å²) < 4.78 is 29.9. The predicted octanol–water partition coefficient (Wildman–Crippen LogP) is 4.69. The molecular formula is C16H14ClF2N3. The van der Waals surface area contributed by atoms with Crippen LogP contribution in [0.2, 0.25) is 5.15 Å². The van der Waals surface area contributed by atoms with Crippen LogP contribution in [-0.2, 0) is 7.05 Å². The van der Waals surface area contributed by atoms with Gasteiger partial charge in [-0.15, -0.1) is 0 Å². The molecule has 2 heterocycles. The Hall–Kier alpha value is -2.01. The summed E-state index contributed by atoms with van der Waals surface area (Å²) in [4.78, 5) is 3.72. The molecule has 0 N–H and O–H groups in total. The van der Waals surface area contributed by atoms with E-state index >= 15 is 0 Å². The number of hydrogen-bond donors (Lipinski definition) is 0. The second kappa shape index (κ2) is 5.32. The zero-order valence-corrected chi connectivity index (χ0v) is 13.1. The normalized spacial score (nSPS) is 11.6. The summed E-state index contributed by atoms with van der Waals surface area (Å²) in [7, 11) is 1.76. The van der Waals surface area contributed by atoms with Gasteiger partial charge in [0.15, 0.2) is 5.82 Å². The van der Waals surface area contributed by atoms with Gasteiger partial charge < -0.3 is 0 Å². The number of pyridine rings is 1. The number of rotatable bonds is 2. The summed E-state index contributed by atoms with van der Waals surface area (Å²) in [6.45, 7) is 3.97. The van der Waals surface area contributed by atoms with Crippen molar-refractivity contribution in [3.05, 3.63) is 46.9 Å². The van der Waals surface area contributed by atoms with E-state index in [-0.39, 0.29) is 16.6 Å². The summed E-state index contributed by atoms with van der Waals surface area (Å²) in [5.74, 6) is -0.825. The Balaban J connectivity index is 2.44. The standard InChI is InChI=1S/C16H14ClF2N3/c1-8(2)16-14-9(10-6-13(17)20-7-12(10)19)4-5-11(18)15(14)21-22(16)3/h4-8H,1-3H3. The maximum absolute atomic E-state index is 14.2. The first-order chi connectivity index (χ1) is 10.4. The van der Waals surface area contributed by atoms with Crippen LogP contribution in [0.25, 0.3) is 22.0 Å².